The Labute approximate surface area is 70.1 Å². The number of piperazine rings is 1. The molecule has 1 aliphatic rings. The topological polar surface area (TPSA) is 78.4 Å². The summed E-state index contributed by atoms with van der Waals surface area (Å²) in [7, 11) is 0. The van der Waals surface area contributed by atoms with E-state index in [1.807, 2.05) is 6.92 Å². The molecular formula is C7H12N2O3. The van der Waals surface area contributed by atoms with Gasteiger partial charge in [0.15, 0.2) is 0 Å². The zero-order valence-electron chi connectivity index (χ0n) is 6.83. The standard InChI is InChI=1S/C7H12N2O3/c1-2-4-6(11)9-5(3-10)7(12)8-4/h4-5,10H,2-3H2,1H3,(H,8,12)(H,9,11)/t4-,5+/m1/s1. The van der Waals surface area contributed by atoms with Crippen LogP contribution >= 0.6 is 0 Å². The molecule has 1 saturated heterocycles. The zero-order valence-corrected chi connectivity index (χ0v) is 6.83. The van der Waals surface area contributed by atoms with Crippen molar-refractivity contribution in [3.63, 3.8) is 0 Å². The van der Waals surface area contributed by atoms with E-state index in [2.05, 4.69) is 10.6 Å². The lowest BCUT2D eigenvalue weighted by atomic mass is 10.1. The van der Waals surface area contributed by atoms with Gasteiger partial charge in [-0.15, -0.1) is 0 Å². The maximum Gasteiger partial charge on any atom is 0.245 e. The molecule has 0 bridgehead atoms. The van der Waals surface area contributed by atoms with Crippen molar-refractivity contribution in [2.75, 3.05) is 6.61 Å². The first-order chi connectivity index (χ1) is 5.69. The minimum atomic E-state index is -0.778. The number of rotatable bonds is 2. The van der Waals surface area contributed by atoms with Crippen molar-refractivity contribution < 1.29 is 14.7 Å². The molecule has 68 valence electrons. The summed E-state index contributed by atoms with van der Waals surface area (Å²) in [6, 6.07) is -1.22. The third kappa shape index (κ3) is 1.55. The van der Waals surface area contributed by atoms with Crippen molar-refractivity contribution in [3.8, 4) is 0 Å². The number of carbonyl (C=O) groups is 2. The molecule has 2 atom stereocenters. The molecule has 1 aliphatic heterocycles. The monoisotopic (exact) mass is 172 g/mol. The van der Waals surface area contributed by atoms with Gasteiger partial charge in [0.1, 0.15) is 12.1 Å². The summed E-state index contributed by atoms with van der Waals surface area (Å²) in [6.45, 7) is 1.46. The Hall–Kier alpha value is -1.10. The van der Waals surface area contributed by atoms with E-state index in [1.54, 1.807) is 0 Å². The zero-order chi connectivity index (χ0) is 9.14. The molecule has 5 heteroatoms. The smallest absolute Gasteiger partial charge is 0.245 e. The Kier molecular flexibility index (Phi) is 2.65. The molecule has 0 radical (unpaired) electrons. The van der Waals surface area contributed by atoms with Crippen LogP contribution in [-0.2, 0) is 9.59 Å². The van der Waals surface area contributed by atoms with Crippen LogP contribution in [0.5, 0.6) is 0 Å². The Morgan fingerprint density at radius 3 is 2.25 bits per heavy atom. The highest BCUT2D eigenvalue weighted by molar-refractivity contribution is 5.96. The van der Waals surface area contributed by atoms with E-state index in [0.29, 0.717) is 6.42 Å². The van der Waals surface area contributed by atoms with Crippen molar-refractivity contribution >= 4 is 11.8 Å². The van der Waals surface area contributed by atoms with Crippen LogP contribution in [0.15, 0.2) is 0 Å². The quantitative estimate of drug-likeness (QED) is 0.468. The van der Waals surface area contributed by atoms with Crippen molar-refractivity contribution in [1.82, 2.24) is 10.6 Å². The van der Waals surface area contributed by atoms with E-state index in [1.165, 1.54) is 0 Å². The van der Waals surface area contributed by atoms with E-state index in [9.17, 15) is 9.59 Å². The number of nitrogens with one attached hydrogen (secondary N) is 2. The number of amides is 2. The van der Waals surface area contributed by atoms with Crippen molar-refractivity contribution in [1.29, 1.82) is 0 Å². The molecule has 5 nitrogen and oxygen atoms in total. The van der Waals surface area contributed by atoms with Crippen LogP contribution in [-0.4, -0.2) is 35.6 Å². The van der Waals surface area contributed by atoms with Gasteiger partial charge in [-0.1, -0.05) is 6.92 Å². The maximum atomic E-state index is 11.1. The minimum Gasteiger partial charge on any atom is -0.394 e. The second-order valence-corrected chi connectivity index (χ2v) is 2.71. The first kappa shape index (κ1) is 8.99. The average Bonchev–Trinajstić information content (AvgIpc) is 2.08. The first-order valence-corrected chi connectivity index (χ1v) is 3.90. The van der Waals surface area contributed by atoms with Gasteiger partial charge in [-0.2, -0.15) is 0 Å². The van der Waals surface area contributed by atoms with Crippen molar-refractivity contribution in [2.24, 2.45) is 0 Å². The van der Waals surface area contributed by atoms with Crippen LogP contribution in [0, 0.1) is 0 Å². The van der Waals surface area contributed by atoms with Crippen molar-refractivity contribution in [2.45, 2.75) is 25.4 Å². The van der Waals surface area contributed by atoms with E-state index < -0.39 is 12.1 Å². The van der Waals surface area contributed by atoms with E-state index in [0.717, 1.165) is 0 Å². The molecule has 0 aliphatic carbocycles. The van der Waals surface area contributed by atoms with E-state index in [4.69, 9.17) is 5.11 Å². The second-order valence-electron chi connectivity index (χ2n) is 2.71. The summed E-state index contributed by atoms with van der Waals surface area (Å²) in [5, 5.41) is 13.6. The SMILES string of the molecule is CC[C@H]1NC(=O)[C@H](CO)NC1=O. The van der Waals surface area contributed by atoms with Crippen LogP contribution in [0.1, 0.15) is 13.3 Å². The second kappa shape index (κ2) is 3.53. The molecule has 1 fully saturated rings. The lowest BCUT2D eigenvalue weighted by Gasteiger charge is -2.27. The molecule has 1 heterocycles. The third-order valence-corrected chi connectivity index (χ3v) is 1.86. The lowest BCUT2D eigenvalue weighted by molar-refractivity contribution is -0.137. The van der Waals surface area contributed by atoms with Gasteiger partial charge >= 0.3 is 0 Å². The van der Waals surface area contributed by atoms with E-state index in [-0.39, 0.29) is 18.4 Å². The Bertz CT molecular complexity index is 183. The first-order valence-electron chi connectivity index (χ1n) is 3.90. The number of hydrogen-bond donors (Lipinski definition) is 3. The fourth-order valence-corrected chi connectivity index (χ4v) is 1.09. The van der Waals surface area contributed by atoms with Crippen LogP contribution in [0.4, 0.5) is 0 Å². The average molecular weight is 172 g/mol. The van der Waals surface area contributed by atoms with Gasteiger partial charge in [-0.3, -0.25) is 9.59 Å². The summed E-state index contributed by atoms with van der Waals surface area (Å²) in [4.78, 5) is 22.2. The predicted octanol–water partition coefficient (Wildman–Crippen LogP) is -1.63. The van der Waals surface area contributed by atoms with E-state index >= 15 is 0 Å². The molecule has 3 N–H and O–H groups in total. The molecule has 1 rings (SSSR count). The van der Waals surface area contributed by atoms with Gasteiger partial charge in [0.2, 0.25) is 11.8 Å². The number of aliphatic hydroxyl groups excluding tert-OH is 1. The van der Waals surface area contributed by atoms with Gasteiger partial charge in [0.25, 0.3) is 0 Å². The molecule has 0 unspecified atom stereocenters. The molecule has 0 aromatic heterocycles. The Morgan fingerprint density at radius 2 is 1.75 bits per heavy atom. The largest absolute Gasteiger partial charge is 0.394 e. The minimum absolute atomic E-state index is 0.226. The Balaban J connectivity index is 2.61. The van der Waals surface area contributed by atoms with Gasteiger partial charge in [-0.25, -0.2) is 0 Å². The van der Waals surface area contributed by atoms with Gasteiger partial charge in [0.05, 0.1) is 6.61 Å². The van der Waals surface area contributed by atoms with Crippen LogP contribution in [0.2, 0.25) is 0 Å². The molecule has 0 spiro atoms. The van der Waals surface area contributed by atoms with Gasteiger partial charge in [-0.05, 0) is 6.42 Å². The fraction of sp³-hybridized carbons (Fsp3) is 0.714. The summed E-state index contributed by atoms with van der Waals surface area (Å²) in [5.41, 5.74) is 0. The Morgan fingerprint density at radius 1 is 1.25 bits per heavy atom. The molecule has 12 heavy (non-hydrogen) atoms. The molecule has 0 aromatic rings. The van der Waals surface area contributed by atoms with Gasteiger partial charge in [0, 0.05) is 0 Å². The normalized spacial score (nSPS) is 29.5. The number of hydrogen-bond acceptors (Lipinski definition) is 3. The molecule has 0 saturated carbocycles. The number of carbonyl (C=O) groups excluding carboxylic acids is 2. The highest BCUT2D eigenvalue weighted by atomic mass is 16.3. The molecular weight excluding hydrogens is 160 g/mol. The summed E-state index contributed by atoms with van der Waals surface area (Å²) in [5.74, 6) is -0.542. The van der Waals surface area contributed by atoms with Crippen LogP contribution in [0.25, 0.3) is 0 Å². The molecule has 0 aromatic carbocycles. The maximum absolute atomic E-state index is 11.1. The number of aliphatic hydroxyl groups is 1. The van der Waals surface area contributed by atoms with Crippen LogP contribution in [0.3, 0.4) is 0 Å². The summed E-state index contributed by atoms with van der Waals surface area (Å²) >= 11 is 0. The summed E-state index contributed by atoms with van der Waals surface area (Å²) in [6.07, 6.45) is 0.565. The van der Waals surface area contributed by atoms with Gasteiger partial charge < -0.3 is 15.7 Å². The third-order valence-electron chi connectivity index (χ3n) is 1.86. The highest BCUT2D eigenvalue weighted by Gasteiger charge is 2.31. The van der Waals surface area contributed by atoms with Crippen molar-refractivity contribution in [3.05, 3.63) is 0 Å². The summed E-state index contributed by atoms with van der Waals surface area (Å²) < 4.78 is 0. The van der Waals surface area contributed by atoms with Crippen LogP contribution < -0.4 is 10.6 Å². The fourth-order valence-electron chi connectivity index (χ4n) is 1.09. The predicted molar refractivity (Wildman–Crippen MR) is 41.2 cm³/mol. The highest BCUT2D eigenvalue weighted by Crippen LogP contribution is 1.99. The molecule has 2 amide bonds. The lowest BCUT2D eigenvalue weighted by Crippen LogP contribution is -2.62.